The molecule has 0 aliphatic heterocycles. The molecule has 3 aromatic rings. The normalized spacial score (nSPS) is 12.1. The molecular formula is C20H19Cl2N3O3. The van der Waals surface area contributed by atoms with Crippen molar-refractivity contribution >= 4 is 45.7 Å². The van der Waals surface area contributed by atoms with E-state index in [-0.39, 0.29) is 18.1 Å². The Morgan fingerprint density at radius 1 is 1.11 bits per heavy atom. The number of hydrogen-bond donors (Lipinski definition) is 1. The second-order valence-corrected chi connectivity index (χ2v) is 7.31. The lowest BCUT2D eigenvalue weighted by Crippen LogP contribution is -2.43. The second kappa shape index (κ2) is 8.20. The summed E-state index contributed by atoms with van der Waals surface area (Å²) in [5, 5.41) is 3.78. The minimum atomic E-state index is -0.512. The Morgan fingerprint density at radius 3 is 2.50 bits per heavy atom. The van der Waals surface area contributed by atoms with Gasteiger partial charge in [-0.1, -0.05) is 42.3 Å². The number of benzene rings is 2. The average molecular weight is 420 g/mol. The number of halogens is 2. The van der Waals surface area contributed by atoms with Crippen LogP contribution in [0, 0.1) is 0 Å². The molecule has 1 amide bonds. The quantitative estimate of drug-likeness (QED) is 0.676. The fourth-order valence-electron chi connectivity index (χ4n) is 2.98. The van der Waals surface area contributed by atoms with Crippen LogP contribution in [0.2, 0.25) is 10.0 Å². The van der Waals surface area contributed by atoms with Gasteiger partial charge in [0.2, 0.25) is 5.91 Å². The minimum Gasteiger partial charge on any atom is -0.324 e. The molecule has 146 valence electrons. The van der Waals surface area contributed by atoms with E-state index >= 15 is 0 Å². The van der Waals surface area contributed by atoms with Gasteiger partial charge in [-0.25, -0.2) is 4.79 Å². The predicted molar refractivity (Wildman–Crippen MR) is 113 cm³/mol. The molecule has 0 radical (unpaired) electrons. The largest absolute Gasteiger partial charge is 0.332 e. The predicted octanol–water partition coefficient (Wildman–Crippen LogP) is 4.08. The Bertz CT molecular complexity index is 1170. The molecule has 0 bridgehead atoms. The number of amides is 1. The Morgan fingerprint density at radius 2 is 1.82 bits per heavy atom. The number of para-hydroxylation sites is 1. The molecule has 1 aromatic heterocycles. The van der Waals surface area contributed by atoms with Crippen LogP contribution in [-0.4, -0.2) is 15.0 Å². The third kappa shape index (κ3) is 3.84. The summed E-state index contributed by atoms with van der Waals surface area (Å²) in [5.41, 5.74) is 0.0202. The number of carbonyl (C=O) groups excluding carboxylic acids is 1. The zero-order chi connectivity index (χ0) is 20.4. The number of rotatable bonds is 5. The van der Waals surface area contributed by atoms with Gasteiger partial charge in [0.1, 0.15) is 6.54 Å². The molecule has 0 aliphatic carbocycles. The lowest BCUT2D eigenvalue weighted by Gasteiger charge is -2.17. The van der Waals surface area contributed by atoms with Crippen molar-refractivity contribution in [1.82, 2.24) is 9.13 Å². The molecule has 1 atom stereocenters. The van der Waals surface area contributed by atoms with Crippen LogP contribution < -0.4 is 16.6 Å². The Hall–Kier alpha value is -2.57. The van der Waals surface area contributed by atoms with Crippen LogP contribution in [0.1, 0.15) is 26.3 Å². The second-order valence-electron chi connectivity index (χ2n) is 6.50. The number of hydrogen-bond acceptors (Lipinski definition) is 3. The van der Waals surface area contributed by atoms with Crippen molar-refractivity contribution in [2.75, 3.05) is 5.32 Å². The standard InChI is InChI=1S/C20H19Cl2N3O3/c1-3-12(2)25-19(27)14-6-4-5-7-17(14)24(20(25)28)11-18(26)23-13-8-9-15(21)16(22)10-13/h4-10,12H,3,11H2,1-2H3,(H,23,26). The number of nitrogens with zero attached hydrogens (tertiary/aromatic N) is 2. The highest BCUT2D eigenvalue weighted by Gasteiger charge is 2.18. The third-order valence-corrected chi connectivity index (χ3v) is 5.36. The van der Waals surface area contributed by atoms with Gasteiger partial charge in [-0.2, -0.15) is 0 Å². The number of anilines is 1. The maximum Gasteiger partial charge on any atom is 0.332 e. The van der Waals surface area contributed by atoms with Crippen LogP contribution in [0.3, 0.4) is 0 Å². The summed E-state index contributed by atoms with van der Waals surface area (Å²) in [7, 11) is 0. The molecule has 28 heavy (non-hydrogen) atoms. The molecule has 1 heterocycles. The highest BCUT2D eigenvalue weighted by atomic mass is 35.5. The van der Waals surface area contributed by atoms with Crippen LogP contribution in [0.4, 0.5) is 5.69 Å². The van der Waals surface area contributed by atoms with Crippen LogP contribution in [0.5, 0.6) is 0 Å². The number of fused-ring (bicyclic) bond motifs is 1. The van der Waals surface area contributed by atoms with Gasteiger partial charge in [-0.15, -0.1) is 0 Å². The first-order chi connectivity index (χ1) is 13.3. The van der Waals surface area contributed by atoms with Gasteiger partial charge in [-0.05, 0) is 43.7 Å². The molecule has 0 saturated heterocycles. The molecule has 0 fully saturated rings. The van der Waals surface area contributed by atoms with Crippen molar-refractivity contribution in [3.8, 4) is 0 Å². The van der Waals surface area contributed by atoms with E-state index in [0.717, 1.165) is 0 Å². The summed E-state index contributed by atoms with van der Waals surface area (Å²) in [4.78, 5) is 38.3. The van der Waals surface area contributed by atoms with Crippen molar-refractivity contribution in [2.45, 2.75) is 32.9 Å². The summed E-state index contributed by atoms with van der Waals surface area (Å²) in [6.07, 6.45) is 0.614. The molecule has 6 nitrogen and oxygen atoms in total. The molecule has 2 aromatic carbocycles. The summed E-state index contributed by atoms with van der Waals surface area (Å²) in [5.74, 6) is -0.417. The fourth-order valence-corrected chi connectivity index (χ4v) is 3.28. The van der Waals surface area contributed by atoms with Gasteiger partial charge in [0.25, 0.3) is 5.56 Å². The first-order valence-corrected chi connectivity index (χ1v) is 9.58. The third-order valence-electron chi connectivity index (χ3n) is 4.62. The maximum atomic E-state index is 13.0. The van der Waals surface area contributed by atoms with Gasteiger partial charge in [0, 0.05) is 11.7 Å². The molecule has 0 aliphatic rings. The van der Waals surface area contributed by atoms with E-state index in [4.69, 9.17) is 23.2 Å². The van der Waals surface area contributed by atoms with Crippen molar-refractivity contribution in [1.29, 1.82) is 0 Å². The van der Waals surface area contributed by atoms with Gasteiger partial charge in [0.15, 0.2) is 0 Å². The SMILES string of the molecule is CCC(C)n1c(=O)c2ccccc2n(CC(=O)Nc2ccc(Cl)c(Cl)c2)c1=O. The zero-order valence-electron chi connectivity index (χ0n) is 15.4. The average Bonchev–Trinajstić information content (AvgIpc) is 2.68. The van der Waals surface area contributed by atoms with Gasteiger partial charge >= 0.3 is 5.69 Å². The van der Waals surface area contributed by atoms with Crippen molar-refractivity contribution < 1.29 is 4.79 Å². The topological polar surface area (TPSA) is 73.1 Å². The van der Waals surface area contributed by atoms with Crippen LogP contribution >= 0.6 is 23.2 Å². The molecule has 0 spiro atoms. The number of carbonyl (C=O) groups is 1. The first-order valence-electron chi connectivity index (χ1n) is 8.82. The van der Waals surface area contributed by atoms with Crippen LogP contribution in [0.25, 0.3) is 10.9 Å². The lowest BCUT2D eigenvalue weighted by atomic mass is 10.2. The van der Waals surface area contributed by atoms with Crippen molar-refractivity contribution in [2.24, 2.45) is 0 Å². The Labute approximate surface area is 171 Å². The van der Waals surface area contributed by atoms with E-state index in [1.54, 1.807) is 43.3 Å². The molecule has 3 rings (SSSR count). The van der Waals surface area contributed by atoms with E-state index < -0.39 is 11.6 Å². The zero-order valence-corrected chi connectivity index (χ0v) is 16.9. The van der Waals surface area contributed by atoms with Gasteiger partial charge in [-0.3, -0.25) is 18.7 Å². The smallest absolute Gasteiger partial charge is 0.324 e. The summed E-state index contributed by atoms with van der Waals surface area (Å²) >= 11 is 11.9. The van der Waals surface area contributed by atoms with Crippen molar-refractivity contribution in [3.05, 3.63) is 73.3 Å². The van der Waals surface area contributed by atoms with Gasteiger partial charge < -0.3 is 5.32 Å². The molecule has 1 N–H and O–H groups in total. The number of aromatic nitrogens is 2. The van der Waals surface area contributed by atoms with E-state index in [2.05, 4.69) is 5.32 Å². The van der Waals surface area contributed by atoms with E-state index in [1.165, 1.54) is 15.2 Å². The minimum absolute atomic E-state index is 0.240. The monoisotopic (exact) mass is 419 g/mol. The highest BCUT2D eigenvalue weighted by Crippen LogP contribution is 2.25. The molecule has 0 saturated carbocycles. The molecular weight excluding hydrogens is 401 g/mol. The fraction of sp³-hybridized carbons (Fsp3) is 0.250. The van der Waals surface area contributed by atoms with Gasteiger partial charge in [0.05, 0.1) is 20.9 Å². The van der Waals surface area contributed by atoms with E-state index in [9.17, 15) is 14.4 Å². The van der Waals surface area contributed by atoms with Crippen LogP contribution in [-0.2, 0) is 11.3 Å². The van der Waals surface area contributed by atoms with E-state index in [1.807, 2.05) is 6.92 Å². The summed E-state index contributed by atoms with van der Waals surface area (Å²) in [6.45, 7) is 3.46. The lowest BCUT2D eigenvalue weighted by molar-refractivity contribution is -0.116. The Kier molecular flexibility index (Phi) is 5.91. The molecule has 8 heteroatoms. The Balaban J connectivity index is 2.04. The van der Waals surface area contributed by atoms with E-state index in [0.29, 0.717) is 33.1 Å². The first kappa shape index (κ1) is 20.2. The number of nitrogens with one attached hydrogen (secondary N) is 1. The molecule has 1 unspecified atom stereocenters. The summed E-state index contributed by atoms with van der Waals surface area (Å²) in [6, 6.07) is 11.2. The summed E-state index contributed by atoms with van der Waals surface area (Å²) < 4.78 is 2.52. The van der Waals surface area contributed by atoms with Crippen molar-refractivity contribution in [3.63, 3.8) is 0 Å². The van der Waals surface area contributed by atoms with Crippen LogP contribution in [0.15, 0.2) is 52.1 Å². The highest BCUT2D eigenvalue weighted by molar-refractivity contribution is 6.42. The maximum absolute atomic E-state index is 13.0.